The second-order valence-corrected chi connectivity index (χ2v) is 5.61. The number of thioether (sulfide) groups is 1. The highest BCUT2D eigenvalue weighted by molar-refractivity contribution is 8.02. The molecule has 104 valence electrons. The van der Waals surface area contributed by atoms with E-state index in [1.54, 1.807) is 23.6 Å². The maximum Gasteiger partial charge on any atom is 0.283 e. The van der Waals surface area contributed by atoms with E-state index in [-0.39, 0.29) is 10.6 Å². The number of para-hydroxylation sites is 1. The lowest BCUT2D eigenvalue weighted by Crippen LogP contribution is -1.89. The van der Waals surface area contributed by atoms with Crippen LogP contribution in [0, 0.1) is 10.1 Å². The molecule has 0 atom stereocenters. The van der Waals surface area contributed by atoms with Crippen LogP contribution in [0.2, 0.25) is 0 Å². The summed E-state index contributed by atoms with van der Waals surface area (Å²) in [5, 5.41) is 13.4. The van der Waals surface area contributed by atoms with Gasteiger partial charge in [0.25, 0.3) is 5.69 Å². The minimum atomic E-state index is -0.370. The molecule has 0 bridgehead atoms. The summed E-state index contributed by atoms with van der Waals surface area (Å²) in [4.78, 5) is 11.1. The van der Waals surface area contributed by atoms with Crippen LogP contribution in [-0.2, 0) is 0 Å². The molecule has 3 nitrogen and oxygen atoms in total. The number of nitrogens with zero attached hydrogens (tertiary/aromatic N) is 1. The average Bonchev–Trinajstić information content (AvgIpc) is 2.41. The van der Waals surface area contributed by atoms with Crippen molar-refractivity contribution in [2.75, 3.05) is 0 Å². The van der Waals surface area contributed by atoms with E-state index in [1.165, 1.54) is 37.1 Å². The van der Waals surface area contributed by atoms with E-state index < -0.39 is 0 Å². The topological polar surface area (TPSA) is 43.1 Å². The molecule has 0 fully saturated rings. The first kappa shape index (κ1) is 16.1. The number of rotatable bonds is 8. The summed E-state index contributed by atoms with van der Waals surface area (Å²) in [6, 6.07) is 6.70. The van der Waals surface area contributed by atoms with Crippen LogP contribution in [-0.4, -0.2) is 4.92 Å². The summed E-state index contributed by atoms with van der Waals surface area (Å²) in [7, 11) is 0. The van der Waals surface area contributed by atoms with Gasteiger partial charge < -0.3 is 0 Å². The first-order valence-corrected chi connectivity index (χ1v) is 7.65. The zero-order valence-corrected chi connectivity index (χ0v) is 12.5. The molecule has 1 aromatic carbocycles. The summed E-state index contributed by atoms with van der Waals surface area (Å²) in [6.07, 6.45) is 5.51. The Morgan fingerprint density at radius 2 is 2.11 bits per heavy atom. The van der Waals surface area contributed by atoms with E-state index in [4.69, 9.17) is 11.6 Å². The van der Waals surface area contributed by atoms with Crippen LogP contribution in [0.3, 0.4) is 0 Å². The molecule has 0 aromatic heterocycles. The first-order chi connectivity index (χ1) is 9.15. The number of hydrogen-bond acceptors (Lipinski definition) is 3. The molecule has 0 radical (unpaired) electrons. The van der Waals surface area contributed by atoms with E-state index in [9.17, 15) is 10.1 Å². The third-order valence-corrected chi connectivity index (χ3v) is 4.07. The quantitative estimate of drug-likeness (QED) is 0.266. The third kappa shape index (κ3) is 6.12. The molecule has 0 aliphatic carbocycles. The number of halogens is 1. The van der Waals surface area contributed by atoms with Crippen molar-refractivity contribution in [3.8, 4) is 0 Å². The summed E-state index contributed by atoms with van der Waals surface area (Å²) in [5.41, 5.74) is 0.124. The third-order valence-electron chi connectivity index (χ3n) is 2.64. The molecule has 0 N–H and O–H groups in total. The van der Waals surface area contributed by atoms with Crippen LogP contribution in [0.4, 0.5) is 5.69 Å². The lowest BCUT2D eigenvalue weighted by Gasteiger charge is -2.01. The Bertz CT molecular complexity index is 449. The van der Waals surface area contributed by atoms with Gasteiger partial charge in [0, 0.05) is 11.1 Å². The zero-order valence-electron chi connectivity index (χ0n) is 11.0. The molecule has 1 rings (SSSR count). The van der Waals surface area contributed by atoms with E-state index >= 15 is 0 Å². The molecule has 0 aliphatic heterocycles. The van der Waals surface area contributed by atoms with Crippen molar-refractivity contribution < 1.29 is 4.92 Å². The molecule has 19 heavy (non-hydrogen) atoms. The first-order valence-electron chi connectivity index (χ1n) is 6.39. The second kappa shape index (κ2) is 8.99. The van der Waals surface area contributed by atoms with Gasteiger partial charge in [0.1, 0.15) is 0 Å². The van der Waals surface area contributed by atoms with Crippen LogP contribution in [0.15, 0.2) is 39.6 Å². The number of allylic oxidation sites excluding steroid dienone is 1. The van der Waals surface area contributed by atoms with Gasteiger partial charge in [0.05, 0.1) is 9.82 Å². The van der Waals surface area contributed by atoms with Crippen molar-refractivity contribution >= 4 is 29.1 Å². The molecule has 1 aromatic rings. The van der Waals surface area contributed by atoms with Crippen molar-refractivity contribution in [2.24, 2.45) is 0 Å². The molecule has 0 amide bonds. The van der Waals surface area contributed by atoms with Gasteiger partial charge in [-0.05, 0) is 24.3 Å². The SMILES string of the molecule is CCCCCC/C(Cl)=C\Sc1ccccc1[N+](=O)[O-]. The largest absolute Gasteiger partial charge is 0.283 e. The fourth-order valence-electron chi connectivity index (χ4n) is 1.61. The Morgan fingerprint density at radius 3 is 2.79 bits per heavy atom. The van der Waals surface area contributed by atoms with Gasteiger partial charge in [-0.3, -0.25) is 10.1 Å². The van der Waals surface area contributed by atoms with Crippen molar-refractivity contribution in [3.05, 3.63) is 44.8 Å². The van der Waals surface area contributed by atoms with Gasteiger partial charge in [-0.1, -0.05) is 61.7 Å². The fourth-order valence-corrected chi connectivity index (χ4v) is 2.68. The summed E-state index contributed by atoms with van der Waals surface area (Å²) < 4.78 is 0. The summed E-state index contributed by atoms with van der Waals surface area (Å²) in [5.74, 6) is 0. The molecule has 0 heterocycles. The normalized spacial score (nSPS) is 11.6. The number of nitro benzene ring substituents is 1. The smallest absolute Gasteiger partial charge is 0.258 e. The van der Waals surface area contributed by atoms with Crippen LogP contribution in [0.25, 0.3) is 0 Å². The van der Waals surface area contributed by atoms with E-state index in [1.807, 2.05) is 0 Å². The maximum atomic E-state index is 10.8. The van der Waals surface area contributed by atoms with E-state index in [0.29, 0.717) is 4.90 Å². The Kier molecular flexibility index (Phi) is 7.60. The van der Waals surface area contributed by atoms with Gasteiger partial charge in [-0.15, -0.1) is 0 Å². The van der Waals surface area contributed by atoms with Crippen LogP contribution < -0.4 is 0 Å². The highest BCUT2D eigenvalue weighted by atomic mass is 35.5. The zero-order chi connectivity index (χ0) is 14.1. The second-order valence-electron chi connectivity index (χ2n) is 4.22. The number of benzene rings is 1. The van der Waals surface area contributed by atoms with Crippen molar-refractivity contribution in [2.45, 2.75) is 43.9 Å². The molecule has 0 unspecified atom stereocenters. The highest BCUT2D eigenvalue weighted by Crippen LogP contribution is 2.31. The Balaban J connectivity index is 2.53. The number of unbranched alkanes of at least 4 members (excludes halogenated alkanes) is 3. The minimum absolute atomic E-state index is 0.124. The summed E-state index contributed by atoms with van der Waals surface area (Å²) >= 11 is 7.42. The van der Waals surface area contributed by atoms with Crippen molar-refractivity contribution in [1.82, 2.24) is 0 Å². The van der Waals surface area contributed by atoms with Crippen molar-refractivity contribution in [3.63, 3.8) is 0 Å². The molecule has 5 heteroatoms. The lowest BCUT2D eigenvalue weighted by molar-refractivity contribution is -0.387. The Morgan fingerprint density at radius 1 is 1.37 bits per heavy atom. The lowest BCUT2D eigenvalue weighted by atomic mass is 10.1. The molecule has 0 saturated heterocycles. The van der Waals surface area contributed by atoms with Gasteiger partial charge in [0.2, 0.25) is 0 Å². The predicted octanol–water partition coefficient (Wildman–Crippen LogP) is 5.74. The maximum absolute atomic E-state index is 10.8. The van der Waals surface area contributed by atoms with Gasteiger partial charge >= 0.3 is 0 Å². The van der Waals surface area contributed by atoms with Gasteiger partial charge in [0.15, 0.2) is 0 Å². The molecule has 0 spiro atoms. The average molecular weight is 300 g/mol. The van der Waals surface area contributed by atoms with Crippen LogP contribution in [0.1, 0.15) is 39.0 Å². The van der Waals surface area contributed by atoms with E-state index in [2.05, 4.69) is 6.92 Å². The fraction of sp³-hybridized carbons (Fsp3) is 0.429. The van der Waals surface area contributed by atoms with Gasteiger partial charge in [-0.25, -0.2) is 0 Å². The predicted molar refractivity (Wildman–Crippen MR) is 81.6 cm³/mol. The van der Waals surface area contributed by atoms with Crippen molar-refractivity contribution in [1.29, 1.82) is 0 Å². The molecule has 0 saturated carbocycles. The monoisotopic (exact) mass is 299 g/mol. The Hall–Kier alpha value is -1.00. The van der Waals surface area contributed by atoms with Crippen LogP contribution in [0.5, 0.6) is 0 Å². The Labute approximate surface area is 123 Å². The molecular weight excluding hydrogens is 282 g/mol. The number of hydrogen-bond donors (Lipinski definition) is 0. The molecular formula is C14H18ClNO2S. The number of nitro groups is 1. The van der Waals surface area contributed by atoms with Gasteiger partial charge in [-0.2, -0.15) is 0 Å². The standard InChI is InChI=1S/C14H18ClNO2S/c1-2-3-4-5-8-12(15)11-19-14-10-7-6-9-13(14)16(17)18/h6-7,9-11H,2-5,8H2,1H3/b12-11+. The molecule has 0 aliphatic rings. The van der Waals surface area contributed by atoms with E-state index in [0.717, 1.165) is 17.9 Å². The highest BCUT2D eigenvalue weighted by Gasteiger charge is 2.11. The minimum Gasteiger partial charge on any atom is -0.258 e. The van der Waals surface area contributed by atoms with Crippen LogP contribution >= 0.6 is 23.4 Å². The summed E-state index contributed by atoms with van der Waals surface area (Å²) in [6.45, 7) is 2.17.